The van der Waals surface area contributed by atoms with Gasteiger partial charge in [-0.25, -0.2) is 0 Å². The molecule has 0 unspecified atom stereocenters. The number of hydrogen-bond donors (Lipinski definition) is 2. The molecule has 1 aromatic carbocycles. The Morgan fingerprint density at radius 1 is 1.36 bits per heavy atom. The van der Waals surface area contributed by atoms with Crippen molar-refractivity contribution >= 4 is 23.7 Å². The van der Waals surface area contributed by atoms with E-state index in [1.54, 1.807) is 24.3 Å². The lowest BCUT2D eigenvalue weighted by molar-refractivity contribution is -0.113. The quantitative estimate of drug-likeness (QED) is 0.556. The summed E-state index contributed by atoms with van der Waals surface area (Å²) in [5.74, 6) is -0.484. The maximum atomic E-state index is 10.5. The molecule has 14 heavy (non-hydrogen) atoms. The number of nitrogens with two attached hydrogens (primary N) is 2. The number of benzene rings is 1. The minimum atomic E-state index is -0.484. The predicted molar refractivity (Wildman–Crippen MR) is 59.2 cm³/mol. The zero-order valence-electron chi connectivity index (χ0n) is 7.73. The van der Waals surface area contributed by atoms with E-state index in [9.17, 15) is 4.79 Å². The SMILES string of the molecule is C=Cc1ccc(N)cc1/C=C/C(N)=O. The average molecular weight is 188 g/mol. The smallest absolute Gasteiger partial charge is 0.241 e. The number of carbonyl (C=O) groups is 1. The summed E-state index contributed by atoms with van der Waals surface area (Å²) in [6.07, 6.45) is 4.61. The van der Waals surface area contributed by atoms with Crippen molar-refractivity contribution in [1.82, 2.24) is 0 Å². The molecule has 1 aromatic rings. The number of nitrogen functional groups attached to an aromatic ring is 1. The van der Waals surface area contributed by atoms with E-state index in [2.05, 4.69) is 6.58 Å². The van der Waals surface area contributed by atoms with Crippen LogP contribution in [0, 0.1) is 0 Å². The number of hydrogen-bond acceptors (Lipinski definition) is 2. The van der Waals surface area contributed by atoms with E-state index >= 15 is 0 Å². The maximum Gasteiger partial charge on any atom is 0.241 e. The van der Waals surface area contributed by atoms with Crippen molar-refractivity contribution in [2.24, 2.45) is 5.73 Å². The molecule has 0 bridgehead atoms. The summed E-state index contributed by atoms with van der Waals surface area (Å²) in [6.45, 7) is 3.66. The van der Waals surface area contributed by atoms with E-state index in [0.717, 1.165) is 11.1 Å². The van der Waals surface area contributed by atoms with Gasteiger partial charge in [-0.1, -0.05) is 18.7 Å². The first kappa shape index (κ1) is 10.1. The van der Waals surface area contributed by atoms with Gasteiger partial charge >= 0.3 is 0 Å². The molecule has 72 valence electrons. The molecule has 0 radical (unpaired) electrons. The zero-order chi connectivity index (χ0) is 10.6. The molecule has 0 aromatic heterocycles. The van der Waals surface area contributed by atoms with Gasteiger partial charge in [0.15, 0.2) is 0 Å². The van der Waals surface area contributed by atoms with Crippen molar-refractivity contribution < 1.29 is 4.79 Å². The molecule has 0 spiro atoms. The lowest BCUT2D eigenvalue weighted by Gasteiger charge is -2.01. The van der Waals surface area contributed by atoms with E-state index < -0.39 is 5.91 Å². The summed E-state index contributed by atoms with van der Waals surface area (Å²) >= 11 is 0. The summed E-state index contributed by atoms with van der Waals surface area (Å²) in [7, 11) is 0. The molecular formula is C11H12N2O. The Bertz CT molecular complexity index is 394. The Labute approximate surface area is 82.7 Å². The molecule has 0 aliphatic heterocycles. The van der Waals surface area contributed by atoms with Gasteiger partial charge in [0, 0.05) is 11.8 Å². The zero-order valence-corrected chi connectivity index (χ0v) is 7.73. The number of anilines is 1. The van der Waals surface area contributed by atoms with Gasteiger partial charge < -0.3 is 11.5 Å². The second kappa shape index (κ2) is 4.28. The first-order valence-electron chi connectivity index (χ1n) is 4.13. The third kappa shape index (κ3) is 2.48. The van der Waals surface area contributed by atoms with Crippen molar-refractivity contribution in [1.29, 1.82) is 0 Å². The van der Waals surface area contributed by atoms with E-state index in [1.807, 2.05) is 6.07 Å². The van der Waals surface area contributed by atoms with Crippen LogP contribution in [0.25, 0.3) is 12.2 Å². The molecule has 0 aliphatic rings. The molecular weight excluding hydrogens is 176 g/mol. The monoisotopic (exact) mass is 188 g/mol. The van der Waals surface area contributed by atoms with Gasteiger partial charge in [0.1, 0.15) is 0 Å². The van der Waals surface area contributed by atoms with Crippen molar-refractivity contribution in [3.63, 3.8) is 0 Å². The van der Waals surface area contributed by atoms with Crippen LogP contribution in [-0.2, 0) is 4.79 Å². The molecule has 1 amide bonds. The lowest BCUT2D eigenvalue weighted by atomic mass is 10.1. The van der Waals surface area contributed by atoms with Crippen LogP contribution in [0.5, 0.6) is 0 Å². The first-order chi connectivity index (χ1) is 6.63. The first-order valence-corrected chi connectivity index (χ1v) is 4.13. The second-order valence-electron chi connectivity index (χ2n) is 2.83. The van der Waals surface area contributed by atoms with Gasteiger partial charge in [0.25, 0.3) is 0 Å². The summed E-state index contributed by atoms with van der Waals surface area (Å²) in [4.78, 5) is 10.5. The third-order valence-electron chi connectivity index (χ3n) is 1.76. The van der Waals surface area contributed by atoms with Crippen molar-refractivity contribution in [2.45, 2.75) is 0 Å². The normalized spacial score (nSPS) is 10.3. The molecule has 3 nitrogen and oxygen atoms in total. The fourth-order valence-corrected chi connectivity index (χ4v) is 1.10. The maximum absolute atomic E-state index is 10.5. The van der Waals surface area contributed by atoms with Gasteiger partial charge in [0.05, 0.1) is 0 Å². The molecule has 0 aliphatic carbocycles. The minimum absolute atomic E-state index is 0.484. The van der Waals surface area contributed by atoms with Gasteiger partial charge in [-0.05, 0) is 29.3 Å². The van der Waals surface area contributed by atoms with Gasteiger partial charge in [-0.3, -0.25) is 4.79 Å². The number of amides is 1. The Kier molecular flexibility index (Phi) is 3.07. The van der Waals surface area contributed by atoms with Crippen LogP contribution in [0.1, 0.15) is 11.1 Å². The van der Waals surface area contributed by atoms with Crippen molar-refractivity contribution in [3.8, 4) is 0 Å². The molecule has 3 heteroatoms. The Hall–Kier alpha value is -2.03. The highest BCUT2D eigenvalue weighted by atomic mass is 16.1. The summed E-state index contributed by atoms with van der Waals surface area (Å²) in [6, 6.07) is 5.37. The van der Waals surface area contributed by atoms with Gasteiger partial charge in [-0.2, -0.15) is 0 Å². The number of carbonyl (C=O) groups excluding carboxylic acids is 1. The molecule has 4 N–H and O–H groups in total. The highest BCUT2D eigenvalue weighted by Crippen LogP contribution is 2.16. The van der Waals surface area contributed by atoms with E-state index in [1.165, 1.54) is 6.08 Å². The Morgan fingerprint density at radius 2 is 2.07 bits per heavy atom. The van der Waals surface area contributed by atoms with Crippen molar-refractivity contribution in [2.75, 3.05) is 5.73 Å². The molecule has 0 atom stereocenters. The van der Waals surface area contributed by atoms with Crippen LogP contribution >= 0.6 is 0 Å². The van der Waals surface area contributed by atoms with Crippen LogP contribution in [0.2, 0.25) is 0 Å². The van der Waals surface area contributed by atoms with E-state index in [-0.39, 0.29) is 0 Å². The van der Waals surface area contributed by atoms with Crippen molar-refractivity contribution in [3.05, 3.63) is 42.0 Å². The standard InChI is InChI=1S/C11H12N2O/c1-2-8-3-5-10(12)7-9(8)4-6-11(13)14/h2-7H,1,12H2,(H2,13,14)/b6-4+. The fourth-order valence-electron chi connectivity index (χ4n) is 1.10. The molecule has 0 saturated heterocycles. The van der Waals surface area contributed by atoms with E-state index in [4.69, 9.17) is 11.5 Å². The van der Waals surface area contributed by atoms with Gasteiger partial charge in [0.2, 0.25) is 5.91 Å². The highest BCUT2D eigenvalue weighted by Gasteiger charge is 1.96. The fraction of sp³-hybridized carbons (Fsp3) is 0. The summed E-state index contributed by atoms with van der Waals surface area (Å²) in [5, 5.41) is 0. The lowest BCUT2D eigenvalue weighted by Crippen LogP contribution is -2.05. The molecule has 0 saturated carbocycles. The van der Waals surface area contributed by atoms with Crippen LogP contribution < -0.4 is 11.5 Å². The topological polar surface area (TPSA) is 69.1 Å². The predicted octanol–water partition coefficient (Wildman–Crippen LogP) is 1.41. The second-order valence-corrected chi connectivity index (χ2v) is 2.83. The minimum Gasteiger partial charge on any atom is -0.399 e. The average Bonchev–Trinajstić information content (AvgIpc) is 2.15. The molecule has 1 rings (SSSR count). The van der Waals surface area contributed by atoms with Gasteiger partial charge in [-0.15, -0.1) is 0 Å². The highest BCUT2D eigenvalue weighted by molar-refractivity contribution is 5.91. The third-order valence-corrected chi connectivity index (χ3v) is 1.76. The number of rotatable bonds is 3. The largest absolute Gasteiger partial charge is 0.399 e. The van der Waals surface area contributed by atoms with Crippen LogP contribution in [-0.4, -0.2) is 5.91 Å². The number of primary amides is 1. The summed E-state index contributed by atoms with van der Waals surface area (Å²) in [5.41, 5.74) is 13.0. The van der Waals surface area contributed by atoms with Crippen LogP contribution in [0.3, 0.4) is 0 Å². The molecule has 0 fully saturated rings. The Balaban J connectivity index is 3.10. The van der Waals surface area contributed by atoms with Crippen LogP contribution in [0.15, 0.2) is 30.9 Å². The van der Waals surface area contributed by atoms with Crippen LogP contribution in [0.4, 0.5) is 5.69 Å². The Morgan fingerprint density at radius 3 is 2.64 bits per heavy atom. The van der Waals surface area contributed by atoms with E-state index in [0.29, 0.717) is 5.69 Å². The summed E-state index contributed by atoms with van der Waals surface area (Å²) < 4.78 is 0. The molecule has 0 heterocycles.